The molecule has 0 aliphatic rings. The Labute approximate surface area is 140 Å². The molecule has 0 aliphatic carbocycles. The van der Waals surface area contributed by atoms with E-state index in [9.17, 15) is 14.0 Å². The van der Waals surface area contributed by atoms with Crippen LogP contribution in [0, 0.1) is 11.7 Å². The molecule has 2 amide bonds. The first-order valence-corrected chi connectivity index (χ1v) is 7.66. The summed E-state index contributed by atoms with van der Waals surface area (Å²) in [6, 6.07) is 4.76. The van der Waals surface area contributed by atoms with Crippen LogP contribution in [0.15, 0.2) is 24.3 Å². The molecule has 1 atom stereocenters. The topological polar surface area (TPSA) is 82.3 Å². The molecule has 0 spiro atoms. The zero-order valence-corrected chi connectivity index (χ0v) is 14.1. The number of hydrogen-bond donors (Lipinski definition) is 4. The number of amides is 2. The molecule has 0 saturated carbocycles. The highest BCUT2D eigenvalue weighted by atomic mass is 32.1. The van der Waals surface area contributed by atoms with Gasteiger partial charge in [0.25, 0.3) is 11.8 Å². The molecule has 1 rings (SSSR count). The van der Waals surface area contributed by atoms with Gasteiger partial charge in [0.15, 0.2) is 5.11 Å². The van der Waals surface area contributed by atoms with Crippen molar-refractivity contribution in [3.8, 4) is 0 Å². The Morgan fingerprint density at radius 2 is 1.87 bits per heavy atom. The van der Waals surface area contributed by atoms with Crippen molar-refractivity contribution in [2.45, 2.75) is 26.8 Å². The summed E-state index contributed by atoms with van der Waals surface area (Å²) in [5.74, 6) is -1.95. The molecule has 23 heavy (non-hydrogen) atoms. The van der Waals surface area contributed by atoms with Gasteiger partial charge in [0.1, 0.15) is 11.9 Å². The van der Waals surface area contributed by atoms with Crippen LogP contribution >= 0.6 is 12.2 Å². The number of rotatable bonds is 5. The minimum absolute atomic E-state index is 0.109. The first kappa shape index (κ1) is 18.8. The Bertz CT molecular complexity index is 580. The van der Waals surface area contributed by atoms with Gasteiger partial charge in [-0.25, -0.2) is 4.39 Å². The Morgan fingerprint density at radius 3 is 2.43 bits per heavy atom. The van der Waals surface area contributed by atoms with Crippen LogP contribution in [-0.4, -0.2) is 29.5 Å². The van der Waals surface area contributed by atoms with E-state index in [2.05, 4.69) is 21.5 Å². The molecule has 1 aromatic carbocycles. The molecule has 0 saturated heterocycles. The summed E-state index contributed by atoms with van der Waals surface area (Å²) in [7, 11) is 0. The maximum atomic E-state index is 13.6. The number of hydrogen-bond acceptors (Lipinski definition) is 3. The molecule has 1 unspecified atom stereocenters. The maximum Gasteiger partial charge on any atom is 0.261 e. The van der Waals surface area contributed by atoms with E-state index >= 15 is 0 Å². The number of nitrogens with one attached hydrogen (secondary N) is 4. The Balaban J connectivity index is 2.71. The molecular weight excluding hydrogens is 319 g/mol. The number of hydrazine groups is 1. The van der Waals surface area contributed by atoms with Crippen LogP contribution in [0.3, 0.4) is 0 Å². The summed E-state index contributed by atoms with van der Waals surface area (Å²) in [6.45, 7) is 6.02. The van der Waals surface area contributed by atoms with E-state index in [1.165, 1.54) is 18.2 Å². The van der Waals surface area contributed by atoms with Gasteiger partial charge in [-0.1, -0.05) is 26.0 Å². The van der Waals surface area contributed by atoms with Crippen LogP contribution in [-0.2, 0) is 4.79 Å². The summed E-state index contributed by atoms with van der Waals surface area (Å²) in [5, 5.41) is 5.61. The second-order valence-corrected chi connectivity index (χ2v) is 5.56. The lowest BCUT2D eigenvalue weighted by Gasteiger charge is -2.22. The second-order valence-electron chi connectivity index (χ2n) is 5.15. The van der Waals surface area contributed by atoms with Crippen molar-refractivity contribution in [1.82, 2.24) is 21.5 Å². The van der Waals surface area contributed by atoms with Crippen molar-refractivity contribution in [2.75, 3.05) is 6.54 Å². The number of benzene rings is 1. The van der Waals surface area contributed by atoms with Crippen LogP contribution in [0.5, 0.6) is 0 Å². The molecule has 0 bridgehead atoms. The quantitative estimate of drug-likeness (QED) is 0.477. The van der Waals surface area contributed by atoms with E-state index in [1.807, 2.05) is 6.92 Å². The summed E-state index contributed by atoms with van der Waals surface area (Å²) in [5.41, 5.74) is 4.85. The lowest BCUT2D eigenvalue weighted by molar-refractivity contribution is -0.124. The number of halogens is 1. The lowest BCUT2D eigenvalue weighted by Crippen LogP contribution is -2.55. The fourth-order valence-corrected chi connectivity index (χ4v) is 2.00. The maximum absolute atomic E-state index is 13.6. The average molecular weight is 340 g/mol. The van der Waals surface area contributed by atoms with Crippen LogP contribution in [0.4, 0.5) is 4.39 Å². The predicted molar refractivity (Wildman–Crippen MR) is 90.0 cm³/mol. The van der Waals surface area contributed by atoms with Crippen molar-refractivity contribution in [3.63, 3.8) is 0 Å². The van der Waals surface area contributed by atoms with E-state index in [1.54, 1.807) is 19.9 Å². The van der Waals surface area contributed by atoms with Crippen LogP contribution in [0.2, 0.25) is 0 Å². The van der Waals surface area contributed by atoms with Crippen LogP contribution < -0.4 is 21.5 Å². The van der Waals surface area contributed by atoms with Gasteiger partial charge in [-0.3, -0.25) is 20.4 Å². The highest BCUT2D eigenvalue weighted by molar-refractivity contribution is 7.80. The summed E-state index contributed by atoms with van der Waals surface area (Å²) in [4.78, 5) is 24.3. The third-order valence-corrected chi connectivity index (χ3v) is 3.24. The summed E-state index contributed by atoms with van der Waals surface area (Å²) >= 11 is 4.93. The van der Waals surface area contributed by atoms with Gasteiger partial charge < -0.3 is 10.6 Å². The SMILES string of the molecule is CCNC(=S)NNC(=O)C(NC(=O)c1ccccc1F)C(C)C. The third-order valence-electron chi connectivity index (χ3n) is 2.99. The van der Waals surface area contributed by atoms with Gasteiger partial charge in [-0.05, 0) is 37.2 Å². The molecule has 0 fully saturated rings. The van der Waals surface area contributed by atoms with Gasteiger partial charge in [-0.15, -0.1) is 0 Å². The second kappa shape index (κ2) is 9.04. The first-order valence-electron chi connectivity index (χ1n) is 7.25. The highest BCUT2D eigenvalue weighted by Crippen LogP contribution is 2.08. The number of thiocarbonyl (C=S) groups is 1. The lowest BCUT2D eigenvalue weighted by atomic mass is 10.0. The normalized spacial score (nSPS) is 11.5. The summed E-state index contributed by atoms with van der Waals surface area (Å²) in [6.07, 6.45) is 0. The predicted octanol–water partition coefficient (Wildman–Crippen LogP) is 1.10. The van der Waals surface area contributed by atoms with E-state index in [0.717, 1.165) is 0 Å². The Hall–Kier alpha value is -2.22. The molecule has 0 aliphatic heterocycles. The molecule has 126 valence electrons. The Morgan fingerprint density at radius 1 is 1.22 bits per heavy atom. The van der Waals surface area contributed by atoms with Crippen molar-refractivity contribution in [3.05, 3.63) is 35.6 Å². The van der Waals surface area contributed by atoms with Gasteiger partial charge in [0.05, 0.1) is 5.56 Å². The minimum Gasteiger partial charge on any atom is -0.362 e. The largest absolute Gasteiger partial charge is 0.362 e. The smallest absolute Gasteiger partial charge is 0.261 e. The number of carbonyl (C=O) groups is 2. The van der Waals surface area contributed by atoms with E-state index in [0.29, 0.717) is 6.54 Å². The molecule has 8 heteroatoms. The molecular formula is C15H21FN4O2S. The third kappa shape index (κ3) is 5.82. The highest BCUT2D eigenvalue weighted by Gasteiger charge is 2.25. The Kier molecular flexibility index (Phi) is 7.40. The summed E-state index contributed by atoms with van der Waals surface area (Å²) < 4.78 is 13.6. The van der Waals surface area contributed by atoms with Crippen molar-refractivity contribution in [2.24, 2.45) is 5.92 Å². The zero-order chi connectivity index (χ0) is 17.4. The van der Waals surface area contributed by atoms with Crippen molar-refractivity contribution in [1.29, 1.82) is 0 Å². The first-order chi connectivity index (χ1) is 10.9. The van der Waals surface area contributed by atoms with Gasteiger partial charge in [0, 0.05) is 6.54 Å². The minimum atomic E-state index is -0.834. The fraction of sp³-hybridized carbons (Fsp3) is 0.400. The van der Waals surface area contributed by atoms with Gasteiger partial charge in [0.2, 0.25) is 0 Å². The standard InChI is InChI=1S/C15H21FN4O2S/c1-4-17-15(23)20-19-14(22)12(9(2)3)18-13(21)10-7-5-6-8-11(10)16/h5-9,12H,4H2,1-3H3,(H,18,21)(H,19,22)(H2,17,20,23). The number of carbonyl (C=O) groups excluding carboxylic acids is 2. The fourth-order valence-electron chi connectivity index (χ4n) is 1.80. The monoisotopic (exact) mass is 340 g/mol. The van der Waals surface area contributed by atoms with Crippen molar-refractivity contribution >= 4 is 29.1 Å². The van der Waals surface area contributed by atoms with Gasteiger partial charge in [-0.2, -0.15) is 0 Å². The van der Waals surface area contributed by atoms with Crippen molar-refractivity contribution < 1.29 is 14.0 Å². The zero-order valence-electron chi connectivity index (χ0n) is 13.3. The van der Waals surface area contributed by atoms with E-state index < -0.39 is 23.7 Å². The van der Waals surface area contributed by atoms with E-state index in [-0.39, 0.29) is 16.6 Å². The molecule has 6 nitrogen and oxygen atoms in total. The molecule has 0 aromatic heterocycles. The van der Waals surface area contributed by atoms with Gasteiger partial charge >= 0.3 is 0 Å². The molecule has 0 heterocycles. The average Bonchev–Trinajstić information content (AvgIpc) is 2.50. The van der Waals surface area contributed by atoms with Crippen LogP contribution in [0.1, 0.15) is 31.1 Å². The van der Waals surface area contributed by atoms with E-state index in [4.69, 9.17) is 12.2 Å². The molecule has 1 aromatic rings. The molecule has 4 N–H and O–H groups in total. The molecule has 0 radical (unpaired) electrons. The van der Waals surface area contributed by atoms with Crippen LogP contribution in [0.25, 0.3) is 0 Å².